The molecule has 49 heavy (non-hydrogen) atoms. The van der Waals surface area contributed by atoms with Crippen LogP contribution in [-0.2, 0) is 23.8 Å². The summed E-state index contributed by atoms with van der Waals surface area (Å²) >= 11 is 0. The number of hydrogen-bond acceptors (Lipinski definition) is 11. The fourth-order valence-corrected chi connectivity index (χ4v) is 7.63. The molecule has 0 aromatic heterocycles. The quantitative estimate of drug-likeness (QED) is 0.0490. The van der Waals surface area contributed by atoms with E-state index in [9.17, 15) is 40.2 Å². The minimum absolute atomic E-state index is 0.206. The van der Waals surface area contributed by atoms with Gasteiger partial charge >= 0.3 is 0 Å². The second kappa shape index (κ2) is 20.4. The number of amides is 2. The molecule has 0 spiro atoms. The van der Waals surface area contributed by atoms with Gasteiger partial charge in [-0.25, -0.2) is 0 Å². The molecule has 3 aliphatic rings. The van der Waals surface area contributed by atoms with Gasteiger partial charge in [0.2, 0.25) is 11.8 Å². The second-order valence-corrected chi connectivity index (χ2v) is 14.7. The largest absolute Gasteiger partial charge is 0.394 e. The molecule has 3 fully saturated rings. The van der Waals surface area contributed by atoms with Gasteiger partial charge in [0.1, 0.15) is 24.4 Å². The van der Waals surface area contributed by atoms with Crippen molar-refractivity contribution in [3.63, 3.8) is 0 Å². The zero-order valence-electron chi connectivity index (χ0n) is 29.9. The lowest BCUT2D eigenvalue weighted by Crippen LogP contribution is -2.71. The molecule has 0 saturated carbocycles. The summed E-state index contributed by atoms with van der Waals surface area (Å²) in [5, 5.41) is 68.9. The fourth-order valence-electron chi connectivity index (χ4n) is 7.63. The number of carbonyl (C=O) groups is 2. The van der Waals surface area contributed by atoms with Crippen LogP contribution in [0.3, 0.4) is 0 Å². The van der Waals surface area contributed by atoms with Crippen molar-refractivity contribution in [3.05, 3.63) is 12.2 Å². The SMILES string of the molecule is CCCCCC1OC1C/C=C\CCCCCCCCC(=O)NC1C(O)[C@H](C(C)(C)[C@@H]2OC(CO)[C@@H](O)C(O)C2NC(C)=O)C(CO)O[C@H]1O. The highest BCUT2D eigenvalue weighted by Gasteiger charge is 2.58. The van der Waals surface area contributed by atoms with Crippen molar-refractivity contribution in [1.29, 1.82) is 0 Å². The van der Waals surface area contributed by atoms with Crippen molar-refractivity contribution in [2.24, 2.45) is 11.3 Å². The number of rotatable bonds is 21. The number of unbranched alkanes of at least 4 members (excludes halogenated alkanes) is 8. The number of aliphatic hydroxyl groups is 6. The van der Waals surface area contributed by atoms with Gasteiger partial charge in [0.25, 0.3) is 0 Å². The Morgan fingerprint density at radius 1 is 0.714 bits per heavy atom. The van der Waals surface area contributed by atoms with Gasteiger partial charge in [0.15, 0.2) is 6.29 Å². The third-order valence-electron chi connectivity index (χ3n) is 10.5. The summed E-state index contributed by atoms with van der Waals surface area (Å²) in [7, 11) is 0. The van der Waals surface area contributed by atoms with Crippen LogP contribution >= 0.6 is 0 Å². The Balaban J connectivity index is 1.44. The Hall–Kier alpha value is -1.68. The van der Waals surface area contributed by atoms with Gasteiger partial charge in [0.05, 0.1) is 49.8 Å². The number of ether oxygens (including phenoxy) is 3. The zero-order valence-corrected chi connectivity index (χ0v) is 29.9. The van der Waals surface area contributed by atoms with Crippen molar-refractivity contribution in [1.82, 2.24) is 10.6 Å². The molecule has 13 nitrogen and oxygen atoms in total. The van der Waals surface area contributed by atoms with Crippen molar-refractivity contribution in [2.75, 3.05) is 13.2 Å². The van der Waals surface area contributed by atoms with Gasteiger partial charge in [-0.15, -0.1) is 0 Å². The van der Waals surface area contributed by atoms with E-state index in [4.69, 9.17) is 14.2 Å². The molecule has 12 atom stereocenters. The highest BCUT2D eigenvalue weighted by Crippen LogP contribution is 2.45. The van der Waals surface area contributed by atoms with E-state index in [1.165, 1.54) is 32.6 Å². The number of allylic oxidation sites excluding steroid dienone is 1. The van der Waals surface area contributed by atoms with Gasteiger partial charge in [-0.3, -0.25) is 9.59 Å². The van der Waals surface area contributed by atoms with E-state index >= 15 is 0 Å². The number of epoxide rings is 1. The molecule has 8 N–H and O–H groups in total. The van der Waals surface area contributed by atoms with Gasteiger partial charge in [0, 0.05) is 24.7 Å². The number of aliphatic hydroxyl groups excluding tert-OH is 6. The van der Waals surface area contributed by atoms with Gasteiger partial charge in [-0.1, -0.05) is 77.9 Å². The van der Waals surface area contributed by atoms with Crippen molar-refractivity contribution in [2.45, 2.75) is 178 Å². The van der Waals surface area contributed by atoms with E-state index in [0.29, 0.717) is 18.6 Å². The van der Waals surface area contributed by atoms with Gasteiger partial charge in [-0.2, -0.15) is 0 Å². The van der Waals surface area contributed by atoms with E-state index in [2.05, 4.69) is 29.7 Å². The summed E-state index contributed by atoms with van der Waals surface area (Å²) < 4.78 is 17.4. The molecular weight excluding hydrogens is 636 g/mol. The van der Waals surface area contributed by atoms with Gasteiger partial charge in [-0.05, 0) is 32.1 Å². The van der Waals surface area contributed by atoms with Crippen molar-refractivity contribution >= 4 is 11.8 Å². The smallest absolute Gasteiger partial charge is 0.220 e. The first-order chi connectivity index (χ1) is 23.4. The maximum absolute atomic E-state index is 12.9. The number of hydrogen-bond donors (Lipinski definition) is 8. The molecular formula is C36H64N2O11. The minimum atomic E-state index is -1.60. The summed E-state index contributed by atoms with van der Waals surface area (Å²) in [4.78, 5) is 24.9. The molecule has 0 aromatic carbocycles. The molecule has 8 unspecified atom stereocenters. The average Bonchev–Trinajstić information content (AvgIpc) is 3.81. The van der Waals surface area contributed by atoms with Crippen molar-refractivity contribution in [3.8, 4) is 0 Å². The number of carbonyl (C=O) groups excluding carboxylic acids is 2. The van der Waals surface area contributed by atoms with E-state index in [1.54, 1.807) is 13.8 Å². The first kappa shape index (κ1) is 41.7. The maximum atomic E-state index is 12.9. The molecule has 3 rings (SSSR count). The van der Waals surface area contributed by atoms with Crippen LogP contribution < -0.4 is 10.6 Å². The molecule has 3 aliphatic heterocycles. The average molecular weight is 701 g/mol. The third kappa shape index (κ3) is 11.9. The van der Waals surface area contributed by atoms with E-state index < -0.39 is 85.5 Å². The summed E-state index contributed by atoms with van der Waals surface area (Å²) in [5.74, 6) is -1.83. The maximum Gasteiger partial charge on any atom is 0.220 e. The molecule has 2 amide bonds. The fraction of sp³-hybridized carbons (Fsp3) is 0.889. The van der Waals surface area contributed by atoms with Crippen LogP contribution in [0.15, 0.2) is 12.2 Å². The second-order valence-electron chi connectivity index (χ2n) is 14.7. The first-order valence-corrected chi connectivity index (χ1v) is 18.5. The molecule has 3 saturated heterocycles. The van der Waals surface area contributed by atoms with Crippen LogP contribution in [-0.4, -0.2) is 123 Å². The Morgan fingerprint density at radius 3 is 2.04 bits per heavy atom. The van der Waals surface area contributed by atoms with Crippen LogP contribution in [0.5, 0.6) is 0 Å². The van der Waals surface area contributed by atoms with Crippen LogP contribution in [0.4, 0.5) is 0 Å². The first-order valence-electron chi connectivity index (χ1n) is 18.5. The minimum Gasteiger partial charge on any atom is -0.394 e. The lowest BCUT2D eigenvalue weighted by atomic mass is 9.63. The van der Waals surface area contributed by atoms with E-state index in [-0.39, 0.29) is 12.3 Å². The lowest BCUT2D eigenvalue weighted by molar-refractivity contribution is -0.282. The lowest BCUT2D eigenvalue weighted by Gasteiger charge is -2.55. The predicted octanol–water partition coefficient (Wildman–Crippen LogP) is 1.59. The third-order valence-corrected chi connectivity index (χ3v) is 10.5. The summed E-state index contributed by atoms with van der Waals surface area (Å²) in [6, 6.07) is -2.36. The Labute approximate surface area is 291 Å². The summed E-state index contributed by atoms with van der Waals surface area (Å²) in [5.41, 5.74) is -1.20. The normalized spacial score (nSPS) is 35.0. The summed E-state index contributed by atoms with van der Waals surface area (Å²) in [6.07, 6.45) is 9.11. The molecule has 0 aliphatic carbocycles. The van der Waals surface area contributed by atoms with Crippen LogP contribution in [0, 0.1) is 11.3 Å². The molecule has 3 heterocycles. The van der Waals surface area contributed by atoms with Crippen LogP contribution in [0.1, 0.15) is 111 Å². The molecule has 0 radical (unpaired) electrons. The standard InChI is InChI=1S/C36H64N2O11/c1-5-6-14-17-23-24(47-23)18-15-12-10-8-7-9-11-13-16-19-27(42)38-30-32(44)28(25(20-39)49-35(30)46)36(3,4)34-29(37-22(2)41)33(45)31(43)26(21-40)48-34/h12,15,23-26,28-35,39-40,43-46H,5-11,13-14,16-21H2,1-4H3,(H,37,41)(H,38,42)/b15-12-/t23?,24?,25?,26?,28-,29?,30?,31-,32?,33?,34-,35-/m1/s1. The molecule has 0 aromatic rings. The zero-order chi connectivity index (χ0) is 36.1. The number of nitrogens with one attached hydrogen (secondary N) is 2. The van der Waals surface area contributed by atoms with E-state index in [1.807, 2.05) is 0 Å². The highest BCUT2D eigenvalue weighted by atomic mass is 16.6. The molecule has 284 valence electrons. The Bertz CT molecular complexity index is 1030. The van der Waals surface area contributed by atoms with Crippen LogP contribution in [0.25, 0.3) is 0 Å². The monoisotopic (exact) mass is 700 g/mol. The van der Waals surface area contributed by atoms with Crippen molar-refractivity contribution < 1.29 is 54.4 Å². The highest BCUT2D eigenvalue weighted by molar-refractivity contribution is 5.76. The van der Waals surface area contributed by atoms with Crippen LogP contribution in [0.2, 0.25) is 0 Å². The Morgan fingerprint density at radius 2 is 1.39 bits per heavy atom. The predicted molar refractivity (Wildman–Crippen MR) is 182 cm³/mol. The topological polar surface area (TPSA) is 211 Å². The Kier molecular flexibility index (Phi) is 17.4. The summed E-state index contributed by atoms with van der Waals surface area (Å²) in [6.45, 7) is 5.61. The molecule has 13 heteroatoms. The van der Waals surface area contributed by atoms with E-state index in [0.717, 1.165) is 44.9 Å². The van der Waals surface area contributed by atoms with Gasteiger partial charge < -0.3 is 55.5 Å². The molecule has 0 bridgehead atoms.